The molecule has 3 N–H and O–H groups in total. The van der Waals surface area contributed by atoms with E-state index in [0.29, 0.717) is 15.3 Å². The van der Waals surface area contributed by atoms with Gasteiger partial charge >= 0.3 is 0 Å². The first-order chi connectivity index (χ1) is 7.56. The van der Waals surface area contributed by atoms with Crippen LogP contribution >= 0.6 is 23.6 Å². The Labute approximate surface area is 99.2 Å². The van der Waals surface area contributed by atoms with E-state index in [4.69, 9.17) is 5.73 Å². The molecule has 0 radical (unpaired) electrons. The Morgan fingerprint density at radius 2 is 2.38 bits per heavy atom. The molecule has 0 aliphatic rings. The van der Waals surface area contributed by atoms with Crippen molar-refractivity contribution in [1.29, 1.82) is 0 Å². The zero-order chi connectivity index (χ0) is 11.7. The molecule has 1 heterocycles. The Morgan fingerprint density at radius 3 is 3.00 bits per heavy atom. The first-order valence-electron chi connectivity index (χ1n) is 4.18. The van der Waals surface area contributed by atoms with Gasteiger partial charge in [-0.2, -0.15) is 0 Å². The van der Waals surface area contributed by atoms with Crippen molar-refractivity contribution in [2.24, 2.45) is 5.73 Å². The van der Waals surface area contributed by atoms with Crippen LogP contribution < -0.4 is 11.1 Å². The summed E-state index contributed by atoms with van der Waals surface area (Å²) >= 11 is 5.94. The van der Waals surface area contributed by atoms with Crippen LogP contribution in [0.15, 0.2) is 18.2 Å². The number of nitrogens with two attached hydrogens (primary N) is 1. The molecule has 8 heteroatoms. The van der Waals surface area contributed by atoms with Gasteiger partial charge in [-0.25, -0.2) is 4.98 Å². The van der Waals surface area contributed by atoms with Gasteiger partial charge in [-0.05, 0) is 18.3 Å². The van der Waals surface area contributed by atoms with Crippen LogP contribution in [0, 0.1) is 10.1 Å². The van der Waals surface area contributed by atoms with Gasteiger partial charge in [0.25, 0.3) is 5.69 Å². The fraction of sp³-hybridized carbons (Fsp3) is 0. The third kappa shape index (κ3) is 2.07. The summed E-state index contributed by atoms with van der Waals surface area (Å²) < 4.78 is 0.716. The number of non-ortho nitro benzene ring substituents is 1. The van der Waals surface area contributed by atoms with Crippen molar-refractivity contribution in [2.75, 3.05) is 5.32 Å². The smallest absolute Gasteiger partial charge is 0.270 e. The maximum Gasteiger partial charge on any atom is 0.270 e. The molecule has 1 aromatic carbocycles. The van der Waals surface area contributed by atoms with Crippen LogP contribution in [-0.4, -0.2) is 15.0 Å². The summed E-state index contributed by atoms with van der Waals surface area (Å²) in [5.41, 5.74) is 6.02. The Morgan fingerprint density at radius 1 is 1.62 bits per heavy atom. The normalized spacial score (nSPS) is 10.2. The molecule has 0 saturated heterocycles. The van der Waals surface area contributed by atoms with E-state index < -0.39 is 4.92 Å². The third-order valence-electron chi connectivity index (χ3n) is 1.81. The van der Waals surface area contributed by atoms with Gasteiger partial charge in [0.2, 0.25) is 0 Å². The molecule has 0 spiro atoms. The van der Waals surface area contributed by atoms with Crippen LogP contribution in [0.2, 0.25) is 0 Å². The van der Waals surface area contributed by atoms with Gasteiger partial charge in [0.05, 0.1) is 15.1 Å². The van der Waals surface area contributed by atoms with E-state index in [1.54, 1.807) is 6.07 Å². The molecule has 0 aliphatic carbocycles. The van der Waals surface area contributed by atoms with Gasteiger partial charge in [0.15, 0.2) is 10.2 Å². The number of anilines is 1. The van der Waals surface area contributed by atoms with Crippen LogP contribution in [0.5, 0.6) is 0 Å². The zero-order valence-corrected chi connectivity index (χ0v) is 9.47. The predicted octanol–water partition coefficient (Wildman–Crippen LogP) is 1.86. The minimum atomic E-state index is -0.445. The fourth-order valence-electron chi connectivity index (χ4n) is 1.19. The van der Waals surface area contributed by atoms with Crippen LogP contribution in [0.25, 0.3) is 10.2 Å². The first kappa shape index (κ1) is 10.7. The summed E-state index contributed by atoms with van der Waals surface area (Å²) in [7, 11) is 0. The molecular formula is C8H6N4O2S2. The summed E-state index contributed by atoms with van der Waals surface area (Å²) in [6.45, 7) is 0. The van der Waals surface area contributed by atoms with Gasteiger partial charge in [-0.1, -0.05) is 11.3 Å². The molecule has 16 heavy (non-hydrogen) atoms. The third-order valence-corrected chi connectivity index (χ3v) is 2.85. The molecule has 6 nitrogen and oxygen atoms in total. The van der Waals surface area contributed by atoms with Crippen LogP contribution in [0.3, 0.4) is 0 Å². The molecule has 0 fully saturated rings. The largest absolute Gasteiger partial charge is 0.376 e. The van der Waals surface area contributed by atoms with Crippen molar-refractivity contribution in [3.8, 4) is 0 Å². The lowest BCUT2D eigenvalue weighted by Gasteiger charge is -1.94. The Balaban J connectivity index is 2.45. The van der Waals surface area contributed by atoms with E-state index in [0.717, 1.165) is 0 Å². The number of benzene rings is 1. The number of rotatable bonds is 2. The molecule has 2 aromatic rings. The van der Waals surface area contributed by atoms with Gasteiger partial charge in [0.1, 0.15) is 0 Å². The predicted molar refractivity (Wildman–Crippen MR) is 66.7 cm³/mol. The summed E-state index contributed by atoms with van der Waals surface area (Å²) in [5, 5.41) is 13.9. The van der Waals surface area contributed by atoms with Crippen molar-refractivity contribution >= 4 is 49.7 Å². The van der Waals surface area contributed by atoms with Crippen LogP contribution in [-0.2, 0) is 0 Å². The second kappa shape index (κ2) is 3.99. The lowest BCUT2D eigenvalue weighted by atomic mass is 10.3. The van der Waals surface area contributed by atoms with E-state index in [-0.39, 0.29) is 10.8 Å². The number of hydrogen-bond donors (Lipinski definition) is 2. The van der Waals surface area contributed by atoms with Crippen LogP contribution in [0.1, 0.15) is 0 Å². The summed E-state index contributed by atoms with van der Waals surface area (Å²) in [6, 6.07) is 4.47. The minimum Gasteiger partial charge on any atom is -0.376 e. The molecule has 82 valence electrons. The van der Waals surface area contributed by atoms with E-state index in [9.17, 15) is 10.1 Å². The average Bonchev–Trinajstić information content (AvgIpc) is 2.56. The molecular weight excluding hydrogens is 248 g/mol. The van der Waals surface area contributed by atoms with Crippen molar-refractivity contribution in [2.45, 2.75) is 0 Å². The molecule has 0 amide bonds. The standard InChI is InChI=1S/C8H6N4O2S2/c9-7(15)11-8-10-5-2-1-4(12(13)14)3-6(5)16-8/h1-3H,(H3,9,10,11,15). The number of aromatic nitrogens is 1. The number of nitro groups is 1. The fourth-order valence-corrected chi connectivity index (χ4v) is 2.26. The molecule has 0 atom stereocenters. The van der Waals surface area contributed by atoms with Crippen molar-refractivity contribution in [1.82, 2.24) is 4.98 Å². The topological polar surface area (TPSA) is 94.1 Å². The highest BCUT2D eigenvalue weighted by Crippen LogP contribution is 2.28. The zero-order valence-electron chi connectivity index (χ0n) is 7.84. The van der Waals surface area contributed by atoms with E-state index in [1.165, 1.54) is 23.5 Å². The van der Waals surface area contributed by atoms with E-state index in [2.05, 4.69) is 22.5 Å². The maximum atomic E-state index is 10.6. The molecule has 0 unspecified atom stereocenters. The van der Waals surface area contributed by atoms with Gasteiger partial charge in [-0.15, -0.1) is 0 Å². The molecule has 1 aromatic heterocycles. The number of fused-ring (bicyclic) bond motifs is 1. The average molecular weight is 254 g/mol. The lowest BCUT2D eigenvalue weighted by molar-refractivity contribution is -0.384. The number of hydrogen-bond acceptors (Lipinski definition) is 5. The van der Waals surface area contributed by atoms with Crippen LogP contribution in [0.4, 0.5) is 10.8 Å². The van der Waals surface area contributed by atoms with Crippen molar-refractivity contribution < 1.29 is 4.92 Å². The SMILES string of the molecule is NC(=S)Nc1nc2ccc([N+](=O)[O-])cc2s1. The molecule has 0 saturated carbocycles. The highest BCUT2D eigenvalue weighted by atomic mass is 32.1. The first-order valence-corrected chi connectivity index (χ1v) is 5.40. The Bertz CT molecular complexity index is 580. The summed E-state index contributed by atoms with van der Waals surface area (Å²) in [4.78, 5) is 14.3. The van der Waals surface area contributed by atoms with Gasteiger partial charge in [-0.3, -0.25) is 10.1 Å². The lowest BCUT2D eigenvalue weighted by Crippen LogP contribution is -2.18. The quantitative estimate of drug-likeness (QED) is 0.482. The molecule has 0 bridgehead atoms. The summed E-state index contributed by atoms with van der Waals surface area (Å²) in [6.07, 6.45) is 0. The minimum absolute atomic E-state index is 0.0398. The number of nitrogens with one attached hydrogen (secondary N) is 1. The highest BCUT2D eigenvalue weighted by molar-refractivity contribution is 7.80. The second-order valence-electron chi connectivity index (χ2n) is 2.92. The number of thiocarbonyl (C=S) groups is 1. The summed E-state index contributed by atoms with van der Waals surface area (Å²) in [5.74, 6) is 0. The molecule has 0 aliphatic heterocycles. The number of thiazole rings is 1. The monoisotopic (exact) mass is 254 g/mol. The van der Waals surface area contributed by atoms with E-state index in [1.807, 2.05) is 0 Å². The number of nitro benzene ring substituents is 1. The highest BCUT2D eigenvalue weighted by Gasteiger charge is 2.10. The van der Waals surface area contributed by atoms with E-state index >= 15 is 0 Å². The molecule has 2 rings (SSSR count). The van der Waals surface area contributed by atoms with Crippen molar-refractivity contribution in [3.63, 3.8) is 0 Å². The van der Waals surface area contributed by atoms with Gasteiger partial charge in [0, 0.05) is 12.1 Å². The van der Waals surface area contributed by atoms with Gasteiger partial charge < -0.3 is 11.1 Å². The Kier molecular flexibility index (Phi) is 2.67. The Hall–Kier alpha value is -1.80. The second-order valence-corrected chi connectivity index (χ2v) is 4.39. The van der Waals surface area contributed by atoms with Crippen molar-refractivity contribution in [3.05, 3.63) is 28.3 Å². The number of nitrogens with zero attached hydrogens (tertiary/aromatic N) is 2. The maximum absolute atomic E-state index is 10.6.